The van der Waals surface area contributed by atoms with Crippen LogP contribution in [0.5, 0.6) is 0 Å². The van der Waals surface area contributed by atoms with Crippen molar-refractivity contribution in [1.29, 1.82) is 0 Å². The second kappa shape index (κ2) is 5.79. The molecule has 19 heavy (non-hydrogen) atoms. The Morgan fingerprint density at radius 2 is 1.79 bits per heavy atom. The summed E-state index contributed by atoms with van der Waals surface area (Å²) in [5.74, 6) is 11.1. The van der Waals surface area contributed by atoms with Gasteiger partial charge in [-0.3, -0.25) is 4.79 Å². The molecule has 0 amide bonds. The molecule has 0 aliphatic heterocycles. The summed E-state index contributed by atoms with van der Waals surface area (Å²) in [5.41, 5.74) is 5.79. The van der Waals surface area contributed by atoms with E-state index in [1.807, 2.05) is 36.4 Å². The molecule has 0 spiro atoms. The van der Waals surface area contributed by atoms with Crippen LogP contribution in [-0.4, -0.2) is 12.1 Å². The molecule has 2 aromatic carbocycles. The first kappa shape index (κ1) is 12.8. The minimum absolute atomic E-state index is 0.398. The molecule has 0 radical (unpaired) electrons. The van der Waals surface area contributed by atoms with E-state index in [0.717, 1.165) is 23.0 Å². The quantitative estimate of drug-likeness (QED) is 0.253. The zero-order valence-electron chi connectivity index (χ0n) is 10.2. The number of nitrogens with two attached hydrogens (primary N) is 2. The van der Waals surface area contributed by atoms with Gasteiger partial charge < -0.3 is 11.3 Å². The average molecular weight is 254 g/mol. The molecule has 5 N–H and O–H groups in total. The zero-order chi connectivity index (χ0) is 13.7. The van der Waals surface area contributed by atoms with Crippen molar-refractivity contribution in [2.75, 3.05) is 0 Å². The Balaban J connectivity index is 2.52. The van der Waals surface area contributed by atoms with Crippen LogP contribution in [0, 0.1) is 0 Å². The van der Waals surface area contributed by atoms with E-state index in [4.69, 9.17) is 11.7 Å². The summed E-state index contributed by atoms with van der Waals surface area (Å²) < 4.78 is 0. The SMILES string of the molecule is N/N=C(\NN)c1ccccc1-c1ccc(C=O)cc1. The van der Waals surface area contributed by atoms with E-state index in [1.54, 1.807) is 12.1 Å². The molecule has 0 fully saturated rings. The van der Waals surface area contributed by atoms with E-state index < -0.39 is 0 Å². The molecule has 0 saturated carbocycles. The van der Waals surface area contributed by atoms with Crippen LogP contribution >= 0.6 is 0 Å². The first-order chi connectivity index (χ1) is 9.30. The molecule has 0 bridgehead atoms. The van der Waals surface area contributed by atoms with Gasteiger partial charge in [0.15, 0.2) is 5.84 Å². The fourth-order valence-corrected chi connectivity index (χ4v) is 1.87. The highest BCUT2D eigenvalue weighted by Gasteiger charge is 2.09. The van der Waals surface area contributed by atoms with E-state index in [0.29, 0.717) is 11.4 Å². The Labute approximate surface area is 110 Å². The van der Waals surface area contributed by atoms with Crippen LogP contribution in [-0.2, 0) is 0 Å². The van der Waals surface area contributed by atoms with Crippen molar-refractivity contribution in [3.05, 3.63) is 59.7 Å². The van der Waals surface area contributed by atoms with Crippen LogP contribution in [0.25, 0.3) is 11.1 Å². The molecule has 0 aliphatic rings. The van der Waals surface area contributed by atoms with Crippen LogP contribution < -0.4 is 17.1 Å². The molecule has 0 heterocycles. The summed E-state index contributed by atoms with van der Waals surface area (Å²) in [6.45, 7) is 0. The van der Waals surface area contributed by atoms with Gasteiger partial charge in [-0.2, -0.15) is 5.10 Å². The molecule has 5 heteroatoms. The van der Waals surface area contributed by atoms with E-state index in [1.165, 1.54) is 0 Å². The van der Waals surface area contributed by atoms with Crippen molar-refractivity contribution >= 4 is 12.1 Å². The monoisotopic (exact) mass is 254 g/mol. The van der Waals surface area contributed by atoms with Gasteiger partial charge in [0.05, 0.1) is 0 Å². The smallest absolute Gasteiger partial charge is 0.167 e. The summed E-state index contributed by atoms with van der Waals surface area (Å²) in [6, 6.07) is 14.9. The zero-order valence-corrected chi connectivity index (χ0v) is 10.2. The summed E-state index contributed by atoms with van der Waals surface area (Å²) in [7, 11) is 0. The predicted molar refractivity (Wildman–Crippen MR) is 75.3 cm³/mol. The third kappa shape index (κ3) is 2.61. The second-order valence-corrected chi connectivity index (χ2v) is 3.91. The lowest BCUT2D eigenvalue weighted by atomic mass is 9.98. The molecule has 0 saturated heterocycles. The van der Waals surface area contributed by atoms with Gasteiger partial charge in [0.25, 0.3) is 0 Å². The van der Waals surface area contributed by atoms with Crippen LogP contribution in [0.15, 0.2) is 53.6 Å². The van der Waals surface area contributed by atoms with Gasteiger partial charge in [-0.1, -0.05) is 48.5 Å². The minimum Gasteiger partial charge on any atom is -0.321 e. The lowest BCUT2D eigenvalue weighted by Gasteiger charge is -2.11. The van der Waals surface area contributed by atoms with E-state index in [-0.39, 0.29) is 0 Å². The second-order valence-electron chi connectivity index (χ2n) is 3.91. The molecule has 5 nitrogen and oxygen atoms in total. The van der Waals surface area contributed by atoms with Gasteiger partial charge >= 0.3 is 0 Å². The van der Waals surface area contributed by atoms with Gasteiger partial charge in [0.2, 0.25) is 0 Å². The van der Waals surface area contributed by atoms with E-state index in [9.17, 15) is 4.79 Å². The molecule has 2 rings (SSSR count). The summed E-state index contributed by atoms with van der Waals surface area (Å²) in [6.07, 6.45) is 0.809. The van der Waals surface area contributed by atoms with Crippen molar-refractivity contribution in [1.82, 2.24) is 5.43 Å². The molecule has 0 unspecified atom stereocenters. The average Bonchev–Trinajstić information content (AvgIpc) is 2.49. The number of amidine groups is 1. The topological polar surface area (TPSA) is 93.5 Å². The highest BCUT2D eigenvalue weighted by atomic mass is 16.1. The van der Waals surface area contributed by atoms with Gasteiger partial charge in [-0.15, -0.1) is 0 Å². The van der Waals surface area contributed by atoms with Gasteiger partial charge in [0, 0.05) is 11.1 Å². The number of benzene rings is 2. The summed E-state index contributed by atoms with van der Waals surface area (Å²) >= 11 is 0. The lowest BCUT2D eigenvalue weighted by molar-refractivity contribution is 0.112. The third-order valence-electron chi connectivity index (χ3n) is 2.81. The van der Waals surface area contributed by atoms with Gasteiger partial charge in [0.1, 0.15) is 6.29 Å². The first-order valence-corrected chi connectivity index (χ1v) is 5.69. The number of aldehydes is 1. The van der Waals surface area contributed by atoms with E-state index >= 15 is 0 Å². The largest absolute Gasteiger partial charge is 0.321 e. The number of carbonyl (C=O) groups is 1. The maximum absolute atomic E-state index is 10.7. The fraction of sp³-hybridized carbons (Fsp3) is 0. The van der Waals surface area contributed by atoms with Crippen LogP contribution in [0.2, 0.25) is 0 Å². The minimum atomic E-state index is 0.398. The van der Waals surface area contributed by atoms with Crippen molar-refractivity contribution in [2.45, 2.75) is 0 Å². The van der Waals surface area contributed by atoms with Crippen molar-refractivity contribution in [2.24, 2.45) is 16.8 Å². The molecule has 2 aromatic rings. The molecular formula is C14H14N4O. The van der Waals surface area contributed by atoms with Crippen LogP contribution in [0.1, 0.15) is 15.9 Å². The molecule has 96 valence electrons. The van der Waals surface area contributed by atoms with Crippen LogP contribution in [0.3, 0.4) is 0 Å². The maximum Gasteiger partial charge on any atom is 0.167 e. The molecule has 0 atom stereocenters. The van der Waals surface area contributed by atoms with Crippen LogP contribution in [0.4, 0.5) is 0 Å². The Bertz CT molecular complexity index is 605. The molecule has 0 aliphatic carbocycles. The normalized spacial score (nSPS) is 11.1. The highest BCUT2D eigenvalue weighted by molar-refractivity contribution is 6.04. The lowest BCUT2D eigenvalue weighted by Crippen LogP contribution is -2.32. The summed E-state index contributed by atoms with van der Waals surface area (Å²) in [5, 5.41) is 3.62. The molecular weight excluding hydrogens is 240 g/mol. The number of nitrogens with one attached hydrogen (secondary N) is 1. The molecule has 0 aromatic heterocycles. The number of rotatable bonds is 3. The number of hydrogen-bond acceptors (Lipinski definition) is 4. The first-order valence-electron chi connectivity index (χ1n) is 5.69. The van der Waals surface area contributed by atoms with Crippen molar-refractivity contribution < 1.29 is 4.79 Å². The fourth-order valence-electron chi connectivity index (χ4n) is 1.87. The van der Waals surface area contributed by atoms with Crippen molar-refractivity contribution in [3.8, 4) is 11.1 Å². The number of nitrogens with zero attached hydrogens (tertiary/aromatic N) is 1. The maximum atomic E-state index is 10.7. The van der Waals surface area contributed by atoms with Crippen molar-refractivity contribution in [3.63, 3.8) is 0 Å². The van der Waals surface area contributed by atoms with Gasteiger partial charge in [-0.25, -0.2) is 5.84 Å². The Morgan fingerprint density at radius 1 is 1.11 bits per heavy atom. The number of hydrazine groups is 1. The van der Waals surface area contributed by atoms with E-state index in [2.05, 4.69) is 10.5 Å². The number of hydrazone groups is 1. The number of carbonyl (C=O) groups excluding carboxylic acids is 1. The third-order valence-corrected chi connectivity index (χ3v) is 2.81. The standard InChI is InChI=1S/C14H14N4O/c15-17-14(18-16)13-4-2-1-3-12(13)11-7-5-10(9-19)6-8-11/h1-9H,15-16H2,(H,17,18). The number of hydrogen-bond donors (Lipinski definition) is 3. The Hall–Kier alpha value is -2.66. The Morgan fingerprint density at radius 3 is 2.37 bits per heavy atom. The highest BCUT2D eigenvalue weighted by Crippen LogP contribution is 2.23. The Kier molecular flexibility index (Phi) is 3.90. The summed E-state index contributed by atoms with van der Waals surface area (Å²) in [4.78, 5) is 10.7. The van der Waals surface area contributed by atoms with Gasteiger partial charge in [-0.05, 0) is 11.1 Å². The predicted octanol–water partition coefficient (Wildman–Crippen LogP) is 1.25.